The molecule has 0 saturated heterocycles. The Morgan fingerprint density at radius 2 is 2.11 bits per heavy atom. The normalized spacial score (nSPS) is 13.8. The fourth-order valence-corrected chi connectivity index (χ4v) is 2.09. The van der Waals surface area contributed by atoms with Gasteiger partial charge in [0.15, 0.2) is 0 Å². The van der Waals surface area contributed by atoms with Crippen molar-refractivity contribution in [3.8, 4) is 6.07 Å². The highest BCUT2D eigenvalue weighted by Gasteiger charge is 2.06. The van der Waals surface area contributed by atoms with E-state index in [4.69, 9.17) is 5.26 Å². The molecular weight excluding hydrogens is 248 g/mol. The van der Waals surface area contributed by atoms with E-state index in [0.29, 0.717) is 17.9 Å². The van der Waals surface area contributed by atoms with Crippen LogP contribution in [0.2, 0.25) is 0 Å². The molecule has 5 heteroatoms. The molecule has 0 aliphatic heterocycles. The van der Waals surface area contributed by atoms with E-state index in [0.717, 1.165) is 18.5 Å². The Balaban J connectivity index is 2.29. The molecule has 0 heterocycles. The fraction of sp³-hybridized carbons (Fsp3) is 0.462. The van der Waals surface area contributed by atoms with Gasteiger partial charge in [-0.3, -0.25) is 4.21 Å². The molecule has 0 aliphatic carbocycles. The molecule has 0 fully saturated rings. The summed E-state index contributed by atoms with van der Waals surface area (Å²) in [5.74, 6) is 0.681. The van der Waals surface area contributed by atoms with Crippen LogP contribution in [0, 0.1) is 11.3 Å². The summed E-state index contributed by atoms with van der Waals surface area (Å²) in [6.45, 7) is 1.20. The SMILES string of the molecule is CS(=O)CCCNCC(O)c1ccc(C#N)cc1. The molecule has 2 unspecified atom stereocenters. The van der Waals surface area contributed by atoms with Crippen molar-refractivity contribution in [3.05, 3.63) is 35.4 Å². The lowest BCUT2D eigenvalue weighted by Gasteiger charge is -2.12. The maximum Gasteiger partial charge on any atom is 0.0991 e. The zero-order valence-electron chi connectivity index (χ0n) is 10.4. The zero-order chi connectivity index (χ0) is 13.4. The first-order valence-corrected chi connectivity index (χ1v) is 7.55. The van der Waals surface area contributed by atoms with Crippen LogP contribution in [0.5, 0.6) is 0 Å². The van der Waals surface area contributed by atoms with E-state index in [2.05, 4.69) is 5.32 Å². The van der Waals surface area contributed by atoms with Crippen LogP contribution in [0.3, 0.4) is 0 Å². The first kappa shape index (κ1) is 14.8. The molecule has 0 saturated carbocycles. The van der Waals surface area contributed by atoms with E-state index in [-0.39, 0.29) is 0 Å². The minimum Gasteiger partial charge on any atom is -0.387 e. The molecule has 2 N–H and O–H groups in total. The molecule has 1 aromatic rings. The highest BCUT2D eigenvalue weighted by Crippen LogP contribution is 2.12. The van der Waals surface area contributed by atoms with Crippen molar-refractivity contribution in [1.29, 1.82) is 5.26 Å². The maximum atomic E-state index is 10.8. The van der Waals surface area contributed by atoms with Crippen molar-refractivity contribution in [1.82, 2.24) is 5.32 Å². The van der Waals surface area contributed by atoms with Crippen molar-refractivity contribution in [2.75, 3.05) is 25.1 Å². The van der Waals surface area contributed by atoms with Gasteiger partial charge in [0.1, 0.15) is 0 Å². The van der Waals surface area contributed by atoms with E-state index in [1.807, 2.05) is 6.07 Å². The zero-order valence-corrected chi connectivity index (χ0v) is 11.2. The molecule has 0 spiro atoms. The number of benzene rings is 1. The standard InChI is InChI=1S/C13H18N2O2S/c1-18(17)8-2-7-15-10-13(16)12-5-3-11(9-14)4-6-12/h3-6,13,15-16H,2,7-8,10H2,1H3. The average molecular weight is 266 g/mol. The number of aliphatic hydroxyl groups excluding tert-OH is 1. The van der Waals surface area contributed by atoms with Crippen LogP contribution < -0.4 is 5.32 Å². The van der Waals surface area contributed by atoms with Crippen LogP contribution in [-0.2, 0) is 10.8 Å². The van der Waals surface area contributed by atoms with Crippen molar-refractivity contribution in [2.24, 2.45) is 0 Å². The molecule has 0 aliphatic rings. The summed E-state index contributed by atoms with van der Waals surface area (Å²) in [5, 5.41) is 21.7. The van der Waals surface area contributed by atoms with Gasteiger partial charge < -0.3 is 10.4 Å². The van der Waals surface area contributed by atoms with Crippen LogP contribution in [0.25, 0.3) is 0 Å². The number of nitrogens with one attached hydrogen (secondary N) is 1. The van der Waals surface area contributed by atoms with Gasteiger partial charge in [0.25, 0.3) is 0 Å². The predicted molar refractivity (Wildman–Crippen MR) is 72.5 cm³/mol. The van der Waals surface area contributed by atoms with Crippen LogP contribution in [-0.4, -0.2) is 34.4 Å². The molecule has 2 atom stereocenters. The molecule has 1 rings (SSSR count). The number of nitrogens with zero attached hydrogens (tertiary/aromatic N) is 1. The number of hydrogen-bond acceptors (Lipinski definition) is 4. The topological polar surface area (TPSA) is 73.1 Å². The summed E-state index contributed by atoms with van der Waals surface area (Å²) >= 11 is 0. The Labute approximate surface area is 110 Å². The molecule has 1 aromatic carbocycles. The lowest BCUT2D eigenvalue weighted by Crippen LogP contribution is -2.23. The predicted octanol–water partition coefficient (Wildman–Crippen LogP) is 0.950. The molecule has 0 bridgehead atoms. The van der Waals surface area contributed by atoms with E-state index >= 15 is 0 Å². The third kappa shape index (κ3) is 5.41. The number of nitriles is 1. The first-order valence-electron chi connectivity index (χ1n) is 5.82. The Bertz CT molecular complexity index is 426. The summed E-state index contributed by atoms with van der Waals surface area (Å²) in [5.41, 5.74) is 1.38. The Hall–Kier alpha value is -1.22. The molecule has 4 nitrogen and oxygen atoms in total. The first-order chi connectivity index (χ1) is 8.63. The molecule has 0 amide bonds. The van der Waals surface area contributed by atoms with Crippen molar-refractivity contribution < 1.29 is 9.32 Å². The quantitative estimate of drug-likeness (QED) is 0.721. The van der Waals surface area contributed by atoms with E-state index in [9.17, 15) is 9.32 Å². The largest absolute Gasteiger partial charge is 0.387 e. The molecule has 18 heavy (non-hydrogen) atoms. The number of aliphatic hydroxyl groups is 1. The summed E-state index contributed by atoms with van der Waals surface area (Å²) < 4.78 is 10.8. The second-order valence-corrected chi connectivity index (χ2v) is 5.64. The third-order valence-electron chi connectivity index (χ3n) is 2.55. The lowest BCUT2D eigenvalue weighted by atomic mass is 10.1. The van der Waals surface area contributed by atoms with Crippen LogP contribution in [0.4, 0.5) is 0 Å². The second-order valence-electron chi connectivity index (χ2n) is 4.08. The van der Waals surface area contributed by atoms with Gasteiger partial charge in [0.05, 0.1) is 17.7 Å². The van der Waals surface area contributed by atoms with Crippen molar-refractivity contribution in [2.45, 2.75) is 12.5 Å². The van der Waals surface area contributed by atoms with Crippen molar-refractivity contribution in [3.63, 3.8) is 0 Å². The Kier molecular flexibility index (Phi) is 6.58. The average Bonchev–Trinajstić information content (AvgIpc) is 2.38. The summed E-state index contributed by atoms with van der Waals surface area (Å²) in [6.07, 6.45) is 1.94. The highest BCUT2D eigenvalue weighted by molar-refractivity contribution is 7.84. The van der Waals surface area contributed by atoms with Gasteiger partial charge in [0, 0.05) is 29.4 Å². The molecule has 98 valence electrons. The van der Waals surface area contributed by atoms with E-state index in [1.165, 1.54) is 0 Å². The Morgan fingerprint density at radius 1 is 1.44 bits per heavy atom. The number of rotatable bonds is 7. The Morgan fingerprint density at radius 3 is 2.67 bits per heavy atom. The van der Waals surface area contributed by atoms with Gasteiger partial charge in [-0.15, -0.1) is 0 Å². The van der Waals surface area contributed by atoms with Crippen LogP contribution in [0.1, 0.15) is 23.7 Å². The summed E-state index contributed by atoms with van der Waals surface area (Å²) in [6, 6.07) is 8.94. The van der Waals surface area contributed by atoms with Crippen LogP contribution >= 0.6 is 0 Å². The number of hydrogen-bond donors (Lipinski definition) is 2. The van der Waals surface area contributed by atoms with Gasteiger partial charge in [-0.1, -0.05) is 12.1 Å². The third-order valence-corrected chi connectivity index (χ3v) is 3.41. The van der Waals surface area contributed by atoms with Gasteiger partial charge in [-0.2, -0.15) is 5.26 Å². The monoisotopic (exact) mass is 266 g/mol. The smallest absolute Gasteiger partial charge is 0.0991 e. The minimum atomic E-state index is -0.753. The minimum absolute atomic E-state index is 0.461. The summed E-state index contributed by atoms with van der Waals surface area (Å²) in [7, 11) is -0.753. The van der Waals surface area contributed by atoms with Gasteiger partial charge in [-0.05, 0) is 30.7 Å². The van der Waals surface area contributed by atoms with Crippen LogP contribution in [0.15, 0.2) is 24.3 Å². The molecule has 0 radical (unpaired) electrons. The van der Waals surface area contributed by atoms with E-state index < -0.39 is 16.9 Å². The maximum absolute atomic E-state index is 10.8. The second kappa shape index (κ2) is 7.98. The summed E-state index contributed by atoms with van der Waals surface area (Å²) in [4.78, 5) is 0. The van der Waals surface area contributed by atoms with Crippen molar-refractivity contribution >= 4 is 10.8 Å². The highest BCUT2D eigenvalue weighted by atomic mass is 32.2. The molecular formula is C13H18N2O2S. The fourth-order valence-electron chi connectivity index (χ4n) is 1.54. The lowest BCUT2D eigenvalue weighted by molar-refractivity contribution is 0.175. The molecule has 0 aromatic heterocycles. The van der Waals surface area contributed by atoms with Gasteiger partial charge in [0.2, 0.25) is 0 Å². The van der Waals surface area contributed by atoms with Gasteiger partial charge in [-0.25, -0.2) is 0 Å². The van der Waals surface area contributed by atoms with E-state index in [1.54, 1.807) is 30.5 Å². The van der Waals surface area contributed by atoms with Gasteiger partial charge >= 0.3 is 0 Å².